The van der Waals surface area contributed by atoms with E-state index in [9.17, 15) is 9.59 Å². The number of H-pyrrole nitrogens is 1. The van der Waals surface area contributed by atoms with Crippen molar-refractivity contribution in [2.75, 3.05) is 24.5 Å². The highest BCUT2D eigenvalue weighted by atomic mass is 35.5. The molecule has 1 unspecified atom stereocenters. The predicted molar refractivity (Wildman–Crippen MR) is 111 cm³/mol. The van der Waals surface area contributed by atoms with Crippen molar-refractivity contribution in [3.05, 3.63) is 53.4 Å². The molecular formula is C20H21ClN6O2. The van der Waals surface area contributed by atoms with Crippen molar-refractivity contribution < 1.29 is 9.59 Å². The number of carbonyl (C=O) groups is 2. The van der Waals surface area contributed by atoms with E-state index in [1.165, 1.54) is 6.33 Å². The van der Waals surface area contributed by atoms with Crippen molar-refractivity contribution in [3.8, 4) is 0 Å². The third kappa shape index (κ3) is 4.23. The zero-order valence-electron chi connectivity index (χ0n) is 15.7. The summed E-state index contributed by atoms with van der Waals surface area (Å²) in [5.74, 6) is 0.00381. The molecule has 1 aliphatic heterocycles. The van der Waals surface area contributed by atoms with Crippen molar-refractivity contribution in [1.82, 2.24) is 25.6 Å². The first-order valence-corrected chi connectivity index (χ1v) is 9.86. The fourth-order valence-electron chi connectivity index (χ4n) is 3.54. The number of piperidine rings is 1. The quantitative estimate of drug-likeness (QED) is 0.595. The van der Waals surface area contributed by atoms with Crippen LogP contribution in [0.2, 0.25) is 5.02 Å². The third-order valence-corrected chi connectivity index (χ3v) is 5.22. The summed E-state index contributed by atoms with van der Waals surface area (Å²) in [4.78, 5) is 38.9. The van der Waals surface area contributed by atoms with E-state index in [0.29, 0.717) is 28.6 Å². The van der Waals surface area contributed by atoms with Crippen molar-refractivity contribution in [3.63, 3.8) is 0 Å². The molecule has 150 valence electrons. The fourth-order valence-corrected chi connectivity index (χ4v) is 3.67. The monoisotopic (exact) mass is 412 g/mol. The first kappa shape index (κ1) is 19.4. The Hall–Kier alpha value is -2.97. The molecule has 1 aromatic carbocycles. The molecule has 0 saturated carbocycles. The Kier molecular flexibility index (Phi) is 5.73. The number of hydrogen-bond acceptors (Lipinski definition) is 5. The van der Waals surface area contributed by atoms with Crippen LogP contribution in [0.5, 0.6) is 0 Å². The van der Waals surface area contributed by atoms with Crippen LogP contribution in [-0.2, 0) is 4.79 Å². The van der Waals surface area contributed by atoms with Gasteiger partial charge in [-0.2, -0.15) is 0 Å². The zero-order valence-corrected chi connectivity index (χ0v) is 16.4. The molecule has 3 aromatic rings. The summed E-state index contributed by atoms with van der Waals surface area (Å²) in [6, 6.07) is 8.34. The van der Waals surface area contributed by atoms with Crippen molar-refractivity contribution in [2.45, 2.75) is 18.9 Å². The minimum atomic E-state index is -0.328. The van der Waals surface area contributed by atoms with Crippen LogP contribution >= 0.6 is 11.6 Å². The number of amides is 2. The number of aromatic nitrogens is 3. The van der Waals surface area contributed by atoms with Gasteiger partial charge < -0.3 is 15.6 Å². The highest BCUT2D eigenvalue weighted by molar-refractivity contribution is 6.30. The van der Waals surface area contributed by atoms with Crippen LogP contribution in [0.15, 0.2) is 42.9 Å². The second-order valence-corrected chi connectivity index (χ2v) is 7.33. The van der Waals surface area contributed by atoms with Crippen LogP contribution < -0.4 is 15.5 Å². The van der Waals surface area contributed by atoms with Crippen LogP contribution in [-0.4, -0.2) is 52.4 Å². The maximum Gasteiger partial charge on any atom is 0.251 e. The molecule has 1 saturated heterocycles. The number of nitrogens with zero attached hydrogens (tertiary/aromatic N) is 3. The molecule has 4 rings (SSSR count). The molecule has 2 aromatic heterocycles. The van der Waals surface area contributed by atoms with E-state index in [4.69, 9.17) is 11.6 Å². The van der Waals surface area contributed by atoms with Gasteiger partial charge in [-0.25, -0.2) is 9.97 Å². The molecule has 3 heterocycles. The van der Waals surface area contributed by atoms with Gasteiger partial charge in [0, 0.05) is 23.3 Å². The van der Waals surface area contributed by atoms with E-state index in [-0.39, 0.29) is 24.4 Å². The Balaban J connectivity index is 1.56. The number of fused-ring (bicyclic) bond motifs is 1. The molecule has 9 heteroatoms. The van der Waals surface area contributed by atoms with Crippen LogP contribution in [0.1, 0.15) is 23.2 Å². The topological polar surface area (TPSA) is 103 Å². The summed E-state index contributed by atoms with van der Waals surface area (Å²) >= 11 is 5.86. The Morgan fingerprint density at radius 2 is 2.03 bits per heavy atom. The second-order valence-electron chi connectivity index (χ2n) is 6.89. The fraction of sp³-hybridized carbons (Fsp3) is 0.300. The first-order valence-electron chi connectivity index (χ1n) is 9.48. The molecule has 0 aliphatic carbocycles. The van der Waals surface area contributed by atoms with Gasteiger partial charge in [-0.3, -0.25) is 14.5 Å². The van der Waals surface area contributed by atoms with Gasteiger partial charge in [0.2, 0.25) is 5.91 Å². The van der Waals surface area contributed by atoms with Crippen LogP contribution in [0.4, 0.5) is 5.82 Å². The number of rotatable bonds is 5. The van der Waals surface area contributed by atoms with E-state index in [0.717, 1.165) is 24.8 Å². The number of halogens is 1. The second kappa shape index (κ2) is 8.59. The number of benzene rings is 1. The summed E-state index contributed by atoms with van der Waals surface area (Å²) in [6.07, 6.45) is 5.04. The number of anilines is 1. The van der Waals surface area contributed by atoms with Crippen LogP contribution in [0, 0.1) is 0 Å². The zero-order chi connectivity index (χ0) is 20.2. The lowest BCUT2D eigenvalue weighted by Crippen LogP contribution is -2.52. The number of aromatic amines is 1. The normalized spacial score (nSPS) is 16.5. The minimum absolute atomic E-state index is 0.0447. The summed E-state index contributed by atoms with van der Waals surface area (Å²) in [6.45, 7) is 1.47. The highest BCUT2D eigenvalue weighted by Gasteiger charge is 2.29. The van der Waals surface area contributed by atoms with Crippen molar-refractivity contribution in [2.24, 2.45) is 0 Å². The summed E-state index contributed by atoms with van der Waals surface area (Å²) in [5, 5.41) is 7.36. The van der Waals surface area contributed by atoms with Gasteiger partial charge in [-0.05, 0) is 49.7 Å². The third-order valence-electron chi connectivity index (χ3n) is 4.97. The van der Waals surface area contributed by atoms with Crippen LogP contribution in [0.25, 0.3) is 11.0 Å². The largest absolute Gasteiger partial charge is 0.346 e. The van der Waals surface area contributed by atoms with E-state index in [1.54, 1.807) is 35.4 Å². The predicted octanol–water partition coefficient (Wildman–Crippen LogP) is 2.13. The van der Waals surface area contributed by atoms with Gasteiger partial charge in [0.05, 0.1) is 18.0 Å². The average molecular weight is 413 g/mol. The van der Waals surface area contributed by atoms with Crippen molar-refractivity contribution in [1.29, 1.82) is 0 Å². The molecular weight excluding hydrogens is 392 g/mol. The highest BCUT2D eigenvalue weighted by Crippen LogP contribution is 2.26. The van der Waals surface area contributed by atoms with Gasteiger partial charge in [-0.15, -0.1) is 0 Å². The molecule has 8 nitrogen and oxygen atoms in total. The van der Waals surface area contributed by atoms with Gasteiger partial charge in [0.1, 0.15) is 17.8 Å². The standard InChI is InChI=1S/C20H21ClN6O2/c21-14-5-3-13(4-6-14)20(29)24-11-17(28)27(15-2-1-8-22-10-15)19-16-7-9-23-18(16)25-12-26-19/h3-7,9,12,15,22H,1-2,8,10-11H2,(H,24,29)(H,23,25,26). The summed E-state index contributed by atoms with van der Waals surface area (Å²) in [5.41, 5.74) is 1.12. The lowest BCUT2D eigenvalue weighted by molar-refractivity contribution is -0.118. The Morgan fingerprint density at radius 1 is 1.21 bits per heavy atom. The summed E-state index contributed by atoms with van der Waals surface area (Å²) < 4.78 is 0. The molecule has 1 aliphatic rings. The molecule has 1 fully saturated rings. The molecule has 3 N–H and O–H groups in total. The van der Waals surface area contributed by atoms with Gasteiger partial charge in [0.25, 0.3) is 5.91 Å². The smallest absolute Gasteiger partial charge is 0.251 e. The van der Waals surface area contributed by atoms with Gasteiger partial charge in [0.15, 0.2) is 0 Å². The van der Waals surface area contributed by atoms with E-state index >= 15 is 0 Å². The van der Waals surface area contributed by atoms with E-state index < -0.39 is 0 Å². The van der Waals surface area contributed by atoms with Gasteiger partial charge >= 0.3 is 0 Å². The molecule has 0 radical (unpaired) electrons. The average Bonchev–Trinajstić information content (AvgIpc) is 3.23. The van der Waals surface area contributed by atoms with Crippen LogP contribution in [0.3, 0.4) is 0 Å². The molecule has 1 atom stereocenters. The lowest BCUT2D eigenvalue weighted by atomic mass is 10.1. The first-order chi connectivity index (χ1) is 14.1. The van der Waals surface area contributed by atoms with Crippen molar-refractivity contribution >= 4 is 40.3 Å². The molecule has 2 amide bonds. The van der Waals surface area contributed by atoms with E-state index in [2.05, 4.69) is 25.6 Å². The SMILES string of the molecule is O=C(NCC(=O)N(c1ncnc2[nH]ccc12)C1CCCNC1)c1ccc(Cl)cc1. The maximum absolute atomic E-state index is 13.2. The lowest BCUT2D eigenvalue weighted by Gasteiger charge is -2.34. The molecule has 0 spiro atoms. The Morgan fingerprint density at radius 3 is 2.79 bits per heavy atom. The number of nitrogens with one attached hydrogen (secondary N) is 3. The molecule has 29 heavy (non-hydrogen) atoms. The number of carbonyl (C=O) groups excluding carboxylic acids is 2. The minimum Gasteiger partial charge on any atom is -0.346 e. The molecule has 0 bridgehead atoms. The Bertz CT molecular complexity index is 1010. The maximum atomic E-state index is 13.2. The summed E-state index contributed by atoms with van der Waals surface area (Å²) in [7, 11) is 0. The van der Waals surface area contributed by atoms with Gasteiger partial charge in [-0.1, -0.05) is 11.6 Å². The number of hydrogen-bond donors (Lipinski definition) is 3. The Labute approximate surface area is 172 Å². The van der Waals surface area contributed by atoms with E-state index in [1.807, 2.05) is 6.07 Å².